The Balaban J connectivity index is 1.40. The summed E-state index contributed by atoms with van der Waals surface area (Å²) in [7, 11) is -3.59. The van der Waals surface area contributed by atoms with Crippen molar-refractivity contribution in [1.29, 1.82) is 0 Å². The molecule has 4 rings (SSSR count). The fourth-order valence-corrected chi connectivity index (χ4v) is 6.22. The van der Waals surface area contributed by atoms with Gasteiger partial charge in [0.05, 0.1) is 0 Å². The van der Waals surface area contributed by atoms with Gasteiger partial charge in [-0.05, 0) is 54.2 Å². The largest absolute Gasteiger partial charge is 0.351 e. The van der Waals surface area contributed by atoms with Gasteiger partial charge in [0.25, 0.3) is 10.0 Å². The Hall–Kier alpha value is -1.70. The Bertz CT molecular complexity index is 872. The minimum atomic E-state index is -3.59. The van der Waals surface area contributed by atoms with Gasteiger partial charge in [0.2, 0.25) is 5.91 Å². The molecule has 5 nitrogen and oxygen atoms in total. The van der Waals surface area contributed by atoms with Crippen LogP contribution < -0.4 is 5.32 Å². The number of amides is 1. The fourth-order valence-electron chi connectivity index (χ4n) is 3.45. The van der Waals surface area contributed by atoms with Crippen LogP contribution in [0.2, 0.25) is 0 Å². The molecular weight excluding hydrogens is 368 g/mol. The minimum Gasteiger partial charge on any atom is -0.351 e. The molecule has 0 unspecified atom stereocenters. The lowest BCUT2D eigenvalue weighted by Gasteiger charge is -2.22. The van der Waals surface area contributed by atoms with E-state index in [1.165, 1.54) is 34.0 Å². The van der Waals surface area contributed by atoms with Gasteiger partial charge in [0.1, 0.15) is 10.3 Å². The number of nitrogens with zero attached hydrogens (tertiary/aromatic N) is 1. The summed E-state index contributed by atoms with van der Waals surface area (Å²) in [5, 5.41) is 4.65. The quantitative estimate of drug-likeness (QED) is 0.824. The van der Waals surface area contributed by atoms with Crippen LogP contribution in [-0.2, 0) is 21.4 Å². The van der Waals surface area contributed by atoms with Crippen LogP contribution in [0, 0.1) is 0 Å². The lowest BCUT2D eigenvalue weighted by atomic mass is 10.1. The number of hydrogen-bond donors (Lipinski definition) is 1. The maximum Gasteiger partial charge on any atom is 0.253 e. The molecule has 1 saturated heterocycles. The Morgan fingerprint density at radius 2 is 1.92 bits per heavy atom. The summed E-state index contributed by atoms with van der Waals surface area (Å²) < 4.78 is 27.1. The molecule has 2 aliphatic rings. The second-order valence-electron chi connectivity index (χ2n) is 6.94. The standard InChI is InChI=1S/C19H22N2O3S2/c22-19(20-13-14-5-7-15(8-6-14)16-9-10-16)17-3-1-11-21(17)26(23,24)18-4-2-12-25-18/h2,4-8,12,16-17H,1,3,9-11,13H2,(H,20,22)/t17-/m0/s1. The molecule has 1 aliphatic heterocycles. The number of carbonyl (C=O) groups excluding carboxylic acids is 1. The first kappa shape index (κ1) is 17.7. The topological polar surface area (TPSA) is 66.5 Å². The number of rotatable bonds is 6. The second-order valence-corrected chi connectivity index (χ2v) is 10.0. The molecule has 26 heavy (non-hydrogen) atoms. The van der Waals surface area contributed by atoms with E-state index in [0.29, 0.717) is 36.1 Å². The number of nitrogens with one attached hydrogen (secondary N) is 1. The first-order valence-corrected chi connectivity index (χ1v) is 11.3. The van der Waals surface area contributed by atoms with Crippen LogP contribution in [0.1, 0.15) is 42.7 Å². The summed E-state index contributed by atoms with van der Waals surface area (Å²) in [6, 6.07) is 11.0. The Morgan fingerprint density at radius 1 is 1.15 bits per heavy atom. The van der Waals surface area contributed by atoms with Crippen molar-refractivity contribution in [3.05, 3.63) is 52.9 Å². The van der Waals surface area contributed by atoms with Gasteiger partial charge in [-0.1, -0.05) is 30.3 Å². The SMILES string of the molecule is O=C(NCc1ccc(C2CC2)cc1)[C@@H]1CCCN1S(=O)(=O)c1cccs1. The first-order valence-electron chi connectivity index (χ1n) is 8.97. The van der Waals surface area contributed by atoms with Crippen molar-refractivity contribution < 1.29 is 13.2 Å². The monoisotopic (exact) mass is 390 g/mol. The van der Waals surface area contributed by atoms with Crippen LogP contribution in [-0.4, -0.2) is 31.2 Å². The lowest BCUT2D eigenvalue weighted by Crippen LogP contribution is -2.45. The van der Waals surface area contributed by atoms with E-state index in [1.807, 2.05) is 12.1 Å². The predicted molar refractivity (Wildman–Crippen MR) is 101 cm³/mol. The van der Waals surface area contributed by atoms with Gasteiger partial charge in [-0.25, -0.2) is 8.42 Å². The van der Waals surface area contributed by atoms with Gasteiger partial charge < -0.3 is 5.32 Å². The normalized spacial score (nSPS) is 21.0. The van der Waals surface area contributed by atoms with Crippen molar-refractivity contribution in [2.24, 2.45) is 0 Å². The number of benzene rings is 1. The smallest absolute Gasteiger partial charge is 0.253 e. The van der Waals surface area contributed by atoms with E-state index in [1.54, 1.807) is 17.5 Å². The highest BCUT2D eigenvalue weighted by Gasteiger charge is 2.39. The molecule has 1 aromatic carbocycles. The molecule has 1 atom stereocenters. The molecule has 7 heteroatoms. The third-order valence-electron chi connectivity index (χ3n) is 5.06. The minimum absolute atomic E-state index is 0.214. The van der Waals surface area contributed by atoms with Gasteiger partial charge in [-0.2, -0.15) is 4.31 Å². The summed E-state index contributed by atoms with van der Waals surface area (Å²) >= 11 is 1.19. The van der Waals surface area contributed by atoms with E-state index in [0.717, 1.165) is 5.56 Å². The number of thiophene rings is 1. The van der Waals surface area contributed by atoms with E-state index in [4.69, 9.17) is 0 Å². The number of carbonyl (C=O) groups is 1. The van der Waals surface area contributed by atoms with E-state index < -0.39 is 16.1 Å². The predicted octanol–water partition coefficient (Wildman–Crippen LogP) is 3.10. The van der Waals surface area contributed by atoms with E-state index in [2.05, 4.69) is 17.4 Å². The molecule has 1 aromatic heterocycles. The molecule has 0 bridgehead atoms. The molecule has 2 fully saturated rings. The average molecular weight is 391 g/mol. The van der Waals surface area contributed by atoms with Gasteiger partial charge in [-0.3, -0.25) is 4.79 Å². The van der Waals surface area contributed by atoms with Gasteiger partial charge in [0, 0.05) is 13.1 Å². The summed E-state index contributed by atoms with van der Waals surface area (Å²) in [4.78, 5) is 12.6. The van der Waals surface area contributed by atoms with Crippen molar-refractivity contribution in [2.75, 3.05) is 6.54 Å². The van der Waals surface area contributed by atoms with Crippen LogP contribution in [0.5, 0.6) is 0 Å². The zero-order valence-electron chi connectivity index (χ0n) is 14.4. The average Bonchev–Trinajstić information content (AvgIpc) is 3.14. The van der Waals surface area contributed by atoms with Crippen molar-refractivity contribution in [1.82, 2.24) is 9.62 Å². The molecule has 2 heterocycles. The summed E-state index contributed by atoms with van der Waals surface area (Å²) in [5.74, 6) is 0.502. The zero-order valence-corrected chi connectivity index (χ0v) is 16.1. The second kappa shape index (κ2) is 7.13. The highest BCUT2D eigenvalue weighted by Crippen LogP contribution is 2.39. The van der Waals surface area contributed by atoms with Crippen LogP contribution in [0.3, 0.4) is 0 Å². The van der Waals surface area contributed by atoms with E-state index in [-0.39, 0.29) is 5.91 Å². The van der Waals surface area contributed by atoms with E-state index in [9.17, 15) is 13.2 Å². The van der Waals surface area contributed by atoms with Crippen molar-refractivity contribution in [2.45, 2.75) is 48.4 Å². The maximum atomic E-state index is 12.7. The molecule has 138 valence electrons. The number of hydrogen-bond acceptors (Lipinski definition) is 4. The van der Waals surface area contributed by atoms with Crippen LogP contribution >= 0.6 is 11.3 Å². The summed E-state index contributed by atoms with van der Waals surface area (Å²) in [6.07, 6.45) is 3.81. The molecule has 1 N–H and O–H groups in total. The maximum absolute atomic E-state index is 12.7. The van der Waals surface area contributed by atoms with Gasteiger partial charge >= 0.3 is 0 Å². The highest BCUT2D eigenvalue weighted by atomic mass is 32.2. The molecule has 2 aromatic rings. The number of sulfonamides is 1. The van der Waals surface area contributed by atoms with Crippen molar-refractivity contribution in [3.8, 4) is 0 Å². The fraction of sp³-hybridized carbons (Fsp3) is 0.421. The molecule has 1 amide bonds. The highest BCUT2D eigenvalue weighted by molar-refractivity contribution is 7.91. The van der Waals surface area contributed by atoms with Crippen molar-refractivity contribution in [3.63, 3.8) is 0 Å². The first-order chi connectivity index (χ1) is 12.6. The van der Waals surface area contributed by atoms with Crippen LogP contribution in [0.25, 0.3) is 0 Å². The van der Waals surface area contributed by atoms with Crippen LogP contribution in [0.15, 0.2) is 46.0 Å². The lowest BCUT2D eigenvalue weighted by molar-refractivity contribution is -0.124. The zero-order chi connectivity index (χ0) is 18.1. The summed E-state index contributed by atoms with van der Waals surface area (Å²) in [5.41, 5.74) is 2.40. The molecule has 0 spiro atoms. The van der Waals surface area contributed by atoms with E-state index >= 15 is 0 Å². The van der Waals surface area contributed by atoms with Crippen LogP contribution in [0.4, 0.5) is 0 Å². The Labute approximate surface area is 158 Å². The third-order valence-corrected chi connectivity index (χ3v) is 8.34. The molecule has 1 saturated carbocycles. The Morgan fingerprint density at radius 3 is 2.58 bits per heavy atom. The van der Waals surface area contributed by atoms with Crippen molar-refractivity contribution >= 4 is 27.3 Å². The Kier molecular flexibility index (Phi) is 4.86. The molecule has 0 radical (unpaired) electrons. The molecular formula is C19H22N2O3S2. The summed E-state index contributed by atoms with van der Waals surface area (Å²) in [6.45, 7) is 0.821. The van der Waals surface area contributed by atoms with Gasteiger partial charge in [-0.15, -0.1) is 11.3 Å². The third kappa shape index (κ3) is 3.56. The molecule has 1 aliphatic carbocycles. The van der Waals surface area contributed by atoms with Gasteiger partial charge in [0.15, 0.2) is 0 Å².